The largest absolute Gasteiger partial charge is 0.493 e. The Morgan fingerprint density at radius 2 is 0.943 bits per heavy atom. The van der Waals surface area contributed by atoms with Crippen molar-refractivity contribution in [2.24, 2.45) is 0 Å². The predicted octanol–water partition coefficient (Wildman–Crippen LogP) is 1.42. The Morgan fingerprint density at radius 1 is 0.543 bits per heavy atom. The molecular formula is C32H34I2O+2. The van der Waals surface area contributed by atoms with Gasteiger partial charge in [0.25, 0.3) is 0 Å². The maximum Gasteiger partial charge on any atom is 0.358 e. The third-order valence-corrected chi connectivity index (χ3v) is 13.1. The summed E-state index contributed by atoms with van der Waals surface area (Å²) in [4.78, 5) is 0. The molecule has 0 bridgehead atoms. The van der Waals surface area contributed by atoms with E-state index in [1.54, 1.807) is 7.14 Å². The van der Waals surface area contributed by atoms with Gasteiger partial charge in [0, 0.05) is 28.7 Å². The molecule has 0 radical (unpaired) electrons. The van der Waals surface area contributed by atoms with Crippen molar-refractivity contribution in [1.29, 1.82) is 0 Å². The minimum atomic E-state index is -0.172. The van der Waals surface area contributed by atoms with Crippen LogP contribution in [0, 0.1) is 55.8 Å². The third kappa shape index (κ3) is 7.10. The maximum absolute atomic E-state index is 6.07. The lowest BCUT2D eigenvalue weighted by atomic mass is 10.1. The fourth-order valence-corrected chi connectivity index (χ4v) is 9.44. The molecule has 0 N–H and O–H groups in total. The average molecular weight is 688 g/mol. The molecule has 0 aliphatic heterocycles. The second-order valence-electron chi connectivity index (χ2n) is 9.29. The first-order chi connectivity index (χ1) is 16.8. The normalized spacial score (nSPS) is 11.0. The molecule has 0 fully saturated rings. The summed E-state index contributed by atoms with van der Waals surface area (Å²) in [6, 6.07) is 27.2. The summed E-state index contributed by atoms with van der Waals surface area (Å²) in [6.45, 7) is 14.0. The van der Waals surface area contributed by atoms with Gasteiger partial charge in [0.15, 0.2) is 14.3 Å². The zero-order chi connectivity index (χ0) is 24.9. The van der Waals surface area contributed by atoms with Crippen LogP contribution in [0.1, 0.15) is 38.9 Å². The van der Waals surface area contributed by atoms with Gasteiger partial charge in [0.05, 0.1) is 6.61 Å². The van der Waals surface area contributed by atoms with Crippen LogP contribution in [0.5, 0.6) is 5.75 Å². The molecule has 0 unspecified atom stereocenters. The first-order valence-electron chi connectivity index (χ1n) is 12.1. The molecule has 0 amide bonds. The van der Waals surface area contributed by atoms with Crippen molar-refractivity contribution in [2.45, 2.75) is 48.0 Å². The van der Waals surface area contributed by atoms with Gasteiger partial charge in [-0.15, -0.1) is 0 Å². The Hall–Kier alpha value is -1.86. The van der Waals surface area contributed by atoms with Crippen LogP contribution < -0.4 is 47.1 Å². The molecule has 180 valence electrons. The molecule has 0 spiro atoms. The molecule has 4 aromatic rings. The van der Waals surface area contributed by atoms with Crippen molar-refractivity contribution in [3.63, 3.8) is 0 Å². The lowest BCUT2D eigenvalue weighted by Crippen LogP contribution is -3.62. The van der Waals surface area contributed by atoms with Gasteiger partial charge in [-0.1, -0.05) is 47.5 Å². The number of aryl methyl sites for hydroxylation is 6. The summed E-state index contributed by atoms with van der Waals surface area (Å²) in [5.41, 5.74) is 9.76. The molecule has 0 heterocycles. The van der Waals surface area contributed by atoms with E-state index >= 15 is 0 Å². The summed E-state index contributed by atoms with van der Waals surface area (Å²) >= 11 is -0.320. The third-order valence-electron chi connectivity index (χ3n) is 5.96. The number of hydrogen-bond donors (Lipinski definition) is 0. The van der Waals surface area contributed by atoms with Crippen LogP contribution in [-0.2, 0) is 6.42 Å². The quantitative estimate of drug-likeness (QED) is 0.255. The molecule has 1 nitrogen and oxygen atoms in total. The second kappa shape index (κ2) is 11.9. The van der Waals surface area contributed by atoms with E-state index in [1.165, 1.54) is 46.1 Å². The molecule has 0 saturated carbocycles. The number of rotatable bonds is 8. The van der Waals surface area contributed by atoms with Crippen LogP contribution in [0.15, 0.2) is 72.8 Å². The summed E-state index contributed by atoms with van der Waals surface area (Å²) in [5, 5.41) is 0. The van der Waals surface area contributed by atoms with E-state index < -0.39 is 0 Å². The Labute approximate surface area is 231 Å². The summed E-state index contributed by atoms with van der Waals surface area (Å²) in [5.74, 6) is 0.961. The second-order valence-corrected chi connectivity index (χ2v) is 15.0. The zero-order valence-electron chi connectivity index (χ0n) is 21.5. The first-order valence-corrected chi connectivity index (χ1v) is 16.4. The van der Waals surface area contributed by atoms with E-state index in [2.05, 4.69) is 114 Å². The fraction of sp³-hybridized carbons (Fsp3) is 0.250. The monoisotopic (exact) mass is 688 g/mol. The van der Waals surface area contributed by atoms with E-state index in [9.17, 15) is 0 Å². The highest BCUT2D eigenvalue weighted by atomic mass is 127. The lowest BCUT2D eigenvalue weighted by molar-refractivity contribution is -0.599. The van der Waals surface area contributed by atoms with Crippen molar-refractivity contribution in [1.82, 2.24) is 0 Å². The smallest absolute Gasteiger partial charge is 0.358 e. The van der Waals surface area contributed by atoms with Gasteiger partial charge < -0.3 is 4.74 Å². The van der Waals surface area contributed by atoms with E-state index in [1.807, 2.05) is 0 Å². The Morgan fingerprint density at radius 3 is 1.37 bits per heavy atom. The van der Waals surface area contributed by atoms with Crippen molar-refractivity contribution in [2.75, 3.05) is 6.61 Å². The topological polar surface area (TPSA) is 9.23 Å². The van der Waals surface area contributed by atoms with E-state index in [-0.39, 0.29) is 42.4 Å². The average Bonchev–Trinajstić information content (AvgIpc) is 2.80. The number of hydrogen-bond acceptors (Lipinski definition) is 1. The van der Waals surface area contributed by atoms with Crippen molar-refractivity contribution in [3.05, 3.63) is 126 Å². The lowest BCUT2D eigenvalue weighted by Gasteiger charge is -2.06. The van der Waals surface area contributed by atoms with Gasteiger partial charge in [-0.2, -0.15) is 0 Å². The highest BCUT2D eigenvalue weighted by Crippen LogP contribution is 2.11. The minimum Gasteiger partial charge on any atom is -0.493 e. The van der Waals surface area contributed by atoms with Crippen LogP contribution in [0.25, 0.3) is 0 Å². The Kier molecular flexibility index (Phi) is 8.92. The van der Waals surface area contributed by atoms with Gasteiger partial charge in [-0.3, -0.25) is 0 Å². The van der Waals surface area contributed by atoms with Gasteiger partial charge in [-0.05, 0) is 83.5 Å². The number of ether oxygens (including phenoxy) is 1. The molecule has 0 aliphatic carbocycles. The zero-order valence-corrected chi connectivity index (χ0v) is 25.8. The molecule has 35 heavy (non-hydrogen) atoms. The first kappa shape index (κ1) is 26.2. The molecule has 3 heteroatoms. The maximum atomic E-state index is 6.07. The van der Waals surface area contributed by atoms with Crippen LogP contribution >= 0.6 is 0 Å². The molecule has 0 aliphatic rings. The van der Waals surface area contributed by atoms with E-state index in [0.717, 1.165) is 12.2 Å². The van der Waals surface area contributed by atoms with Gasteiger partial charge in [0.2, 0.25) is 0 Å². The predicted molar refractivity (Wildman–Crippen MR) is 138 cm³/mol. The standard InChI is InChI=1S/C32H34I2O/c1-21-17-23(3)31(24(4)18-21)33-28-9-7-27(8-10-28)15-16-35-30-13-11-29(12-14-30)34-32-25(5)19-22(2)20-26(32)6/h7-14,17-20H,15-16H2,1-6H3/q+2. The molecule has 4 aromatic carbocycles. The molecule has 0 saturated heterocycles. The number of halogens is 2. The number of benzene rings is 4. The molecule has 4 rings (SSSR count). The minimum absolute atomic E-state index is 0.148. The highest BCUT2D eigenvalue weighted by molar-refractivity contribution is 5.28. The van der Waals surface area contributed by atoms with Gasteiger partial charge >= 0.3 is 42.4 Å². The Bertz CT molecular complexity index is 1160. The van der Waals surface area contributed by atoms with Crippen molar-refractivity contribution in [3.8, 4) is 5.75 Å². The van der Waals surface area contributed by atoms with E-state index in [4.69, 9.17) is 4.74 Å². The van der Waals surface area contributed by atoms with Crippen molar-refractivity contribution < 1.29 is 47.1 Å². The molecular weight excluding hydrogens is 654 g/mol. The van der Waals surface area contributed by atoms with Crippen LogP contribution in [0.4, 0.5) is 0 Å². The van der Waals surface area contributed by atoms with Crippen LogP contribution in [-0.4, -0.2) is 6.61 Å². The molecule has 0 aromatic heterocycles. The molecule has 0 atom stereocenters. The van der Waals surface area contributed by atoms with Crippen LogP contribution in [0.2, 0.25) is 0 Å². The highest BCUT2D eigenvalue weighted by Gasteiger charge is 2.22. The van der Waals surface area contributed by atoms with E-state index in [0.29, 0.717) is 6.61 Å². The fourth-order valence-electron chi connectivity index (χ4n) is 4.44. The Balaban J connectivity index is 1.29. The van der Waals surface area contributed by atoms with Crippen molar-refractivity contribution >= 4 is 0 Å². The summed E-state index contributed by atoms with van der Waals surface area (Å²) in [7, 11) is 0. The van der Waals surface area contributed by atoms with Gasteiger partial charge in [-0.25, -0.2) is 0 Å². The summed E-state index contributed by atoms with van der Waals surface area (Å²) < 4.78 is 12.1. The van der Waals surface area contributed by atoms with Crippen LogP contribution in [0.3, 0.4) is 0 Å². The summed E-state index contributed by atoms with van der Waals surface area (Å²) in [6.07, 6.45) is 0.928. The van der Waals surface area contributed by atoms with Gasteiger partial charge in [0.1, 0.15) is 5.75 Å². The SMILES string of the molecule is Cc1cc(C)c([I+]c2ccc(CCOc3ccc([I+]c4c(C)cc(C)cc4C)cc3)cc2)c(C)c1.